The average Bonchev–Trinajstić information content (AvgIpc) is 3.41. The summed E-state index contributed by atoms with van der Waals surface area (Å²) in [6.07, 6.45) is 5.81. The van der Waals surface area contributed by atoms with Gasteiger partial charge in [-0.25, -0.2) is 4.79 Å². The largest absolute Gasteiger partial charge is 0.480 e. The highest BCUT2D eigenvalue weighted by Gasteiger charge is 2.31. The number of nitrogens with one attached hydrogen (secondary N) is 4. The van der Waals surface area contributed by atoms with E-state index in [1.165, 1.54) is 0 Å². The van der Waals surface area contributed by atoms with Crippen LogP contribution in [0.4, 0.5) is 0 Å². The number of H-pyrrole nitrogens is 1. The zero-order chi connectivity index (χ0) is 31.2. The first-order chi connectivity index (χ1) is 20.7. The highest BCUT2D eigenvalue weighted by Crippen LogP contribution is 2.19. The normalized spacial score (nSPS) is 13.9. The summed E-state index contributed by atoms with van der Waals surface area (Å²) in [5, 5.41) is 19.0. The van der Waals surface area contributed by atoms with E-state index in [1.54, 1.807) is 18.0 Å². The Morgan fingerprint density at radius 1 is 0.837 bits per heavy atom. The number of aliphatic carboxylic acids is 1. The SMILES string of the molecule is CSCCC(N)C(=O)NC(CCCCN)C(=O)NC(Cc1ccccc1)C(=O)NC(Cc1c[nH]c2ccccc12)C(=O)O. The third kappa shape index (κ3) is 10.4. The van der Waals surface area contributed by atoms with Crippen molar-refractivity contribution >= 4 is 46.4 Å². The van der Waals surface area contributed by atoms with E-state index in [-0.39, 0.29) is 12.8 Å². The molecule has 0 radical (unpaired) electrons. The summed E-state index contributed by atoms with van der Waals surface area (Å²) in [5.74, 6) is -2.15. The highest BCUT2D eigenvalue weighted by atomic mass is 32.2. The van der Waals surface area contributed by atoms with Gasteiger partial charge in [0.2, 0.25) is 17.7 Å². The number of aromatic amines is 1. The number of fused-ring (bicyclic) bond motifs is 1. The molecule has 1 heterocycles. The van der Waals surface area contributed by atoms with Crippen LogP contribution in [0.3, 0.4) is 0 Å². The van der Waals surface area contributed by atoms with Crippen molar-refractivity contribution in [1.29, 1.82) is 0 Å². The first-order valence-corrected chi connectivity index (χ1v) is 15.8. The van der Waals surface area contributed by atoms with E-state index in [1.807, 2.05) is 60.9 Å². The molecule has 0 saturated carbocycles. The van der Waals surface area contributed by atoms with Gasteiger partial charge in [-0.2, -0.15) is 11.8 Å². The maximum Gasteiger partial charge on any atom is 0.326 e. The number of hydrogen-bond donors (Lipinski definition) is 7. The fourth-order valence-electron chi connectivity index (χ4n) is 4.74. The Morgan fingerprint density at radius 2 is 1.49 bits per heavy atom. The van der Waals surface area contributed by atoms with Crippen molar-refractivity contribution in [1.82, 2.24) is 20.9 Å². The molecule has 3 amide bonds. The molecule has 0 saturated heterocycles. The topological polar surface area (TPSA) is 192 Å². The van der Waals surface area contributed by atoms with Crippen LogP contribution in [0.25, 0.3) is 10.9 Å². The van der Waals surface area contributed by atoms with Gasteiger partial charge < -0.3 is 37.5 Å². The maximum atomic E-state index is 13.6. The van der Waals surface area contributed by atoms with Crippen molar-refractivity contribution in [3.8, 4) is 0 Å². The van der Waals surface area contributed by atoms with E-state index < -0.39 is 47.9 Å². The zero-order valence-corrected chi connectivity index (χ0v) is 25.2. The molecule has 0 fully saturated rings. The maximum absolute atomic E-state index is 13.6. The van der Waals surface area contributed by atoms with Crippen molar-refractivity contribution in [2.24, 2.45) is 11.5 Å². The molecule has 4 unspecified atom stereocenters. The third-order valence-electron chi connectivity index (χ3n) is 7.18. The van der Waals surface area contributed by atoms with Gasteiger partial charge in [0.25, 0.3) is 0 Å². The lowest BCUT2D eigenvalue weighted by atomic mass is 10.0. The van der Waals surface area contributed by atoms with Crippen LogP contribution >= 0.6 is 11.8 Å². The number of hydrogen-bond acceptors (Lipinski definition) is 7. The summed E-state index contributed by atoms with van der Waals surface area (Å²) in [5.41, 5.74) is 14.0. The predicted molar refractivity (Wildman–Crippen MR) is 169 cm³/mol. The first kappa shape index (κ1) is 33.6. The molecule has 2 aromatic carbocycles. The Kier molecular flexibility index (Phi) is 13.5. The fourth-order valence-corrected chi connectivity index (χ4v) is 5.23. The number of aromatic nitrogens is 1. The Bertz CT molecular complexity index is 1350. The smallest absolute Gasteiger partial charge is 0.326 e. The third-order valence-corrected chi connectivity index (χ3v) is 7.82. The van der Waals surface area contributed by atoms with Gasteiger partial charge in [-0.15, -0.1) is 0 Å². The van der Waals surface area contributed by atoms with Gasteiger partial charge in [-0.1, -0.05) is 48.5 Å². The number of carboxylic acids is 1. The van der Waals surface area contributed by atoms with Crippen LogP contribution in [0.2, 0.25) is 0 Å². The Morgan fingerprint density at radius 3 is 2.19 bits per heavy atom. The number of para-hydroxylation sites is 1. The fraction of sp³-hybridized carbons (Fsp3) is 0.419. The van der Waals surface area contributed by atoms with E-state index in [4.69, 9.17) is 11.5 Å². The van der Waals surface area contributed by atoms with Crippen LogP contribution in [0.1, 0.15) is 36.8 Å². The van der Waals surface area contributed by atoms with E-state index in [0.717, 1.165) is 22.0 Å². The van der Waals surface area contributed by atoms with E-state index >= 15 is 0 Å². The lowest BCUT2D eigenvalue weighted by Crippen LogP contribution is -2.57. The van der Waals surface area contributed by atoms with Gasteiger partial charge in [-0.05, 0) is 61.4 Å². The molecule has 12 heteroatoms. The highest BCUT2D eigenvalue weighted by molar-refractivity contribution is 7.98. The summed E-state index contributed by atoms with van der Waals surface area (Å²) in [4.78, 5) is 55.3. The molecule has 0 bridgehead atoms. The van der Waals surface area contributed by atoms with Crippen molar-refractivity contribution in [3.63, 3.8) is 0 Å². The van der Waals surface area contributed by atoms with Crippen molar-refractivity contribution in [2.45, 2.75) is 62.7 Å². The minimum atomic E-state index is -1.24. The molecule has 232 valence electrons. The zero-order valence-electron chi connectivity index (χ0n) is 24.4. The number of benzene rings is 2. The molecule has 0 spiro atoms. The van der Waals surface area contributed by atoms with Gasteiger partial charge in [-0.3, -0.25) is 14.4 Å². The molecule has 0 aliphatic rings. The quantitative estimate of drug-likeness (QED) is 0.106. The summed E-state index contributed by atoms with van der Waals surface area (Å²) < 4.78 is 0. The summed E-state index contributed by atoms with van der Waals surface area (Å²) in [7, 11) is 0. The molecule has 3 rings (SSSR count). The van der Waals surface area contributed by atoms with Crippen molar-refractivity contribution in [3.05, 3.63) is 71.9 Å². The second kappa shape index (κ2) is 17.3. The number of carboxylic acid groups (broad SMARTS) is 1. The number of carbonyl (C=O) groups excluding carboxylic acids is 3. The van der Waals surface area contributed by atoms with Crippen LogP contribution in [-0.2, 0) is 32.0 Å². The monoisotopic (exact) mass is 610 g/mol. The number of nitrogens with two attached hydrogens (primary N) is 2. The molecule has 0 aliphatic carbocycles. The molecule has 1 aromatic heterocycles. The van der Waals surface area contributed by atoms with Crippen LogP contribution in [-0.4, -0.2) is 76.5 Å². The standard InChI is InChI=1S/C31H42N6O5S/c1-43-16-14-23(33)28(38)35-25(13-7-8-15-32)29(39)36-26(17-20-9-3-2-4-10-20)30(40)37-27(31(41)42)18-21-19-34-24-12-6-5-11-22(21)24/h2-6,9-12,19,23,25-27,34H,7-8,13-18,32-33H2,1H3,(H,35,38)(H,36,39)(H,37,40)(H,41,42). The predicted octanol–water partition coefficient (Wildman–Crippen LogP) is 1.70. The summed E-state index contributed by atoms with van der Waals surface area (Å²) in [6.45, 7) is 0.432. The van der Waals surface area contributed by atoms with Gasteiger partial charge in [0.1, 0.15) is 18.1 Å². The van der Waals surface area contributed by atoms with Gasteiger partial charge in [0.05, 0.1) is 6.04 Å². The van der Waals surface area contributed by atoms with Crippen LogP contribution in [0.5, 0.6) is 0 Å². The summed E-state index contributed by atoms with van der Waals surface area (Å²) in [6, 6.07) is 12.5. The molecule has 43 heavy (non-hydrogen) atoms. The second-order valence-electron chi connectivity index (χ2n) is 10.4. The van der Waals surface area contributed by atoms with E-state index in [9.17, 15) is 24.3 Å². The van der Waals surface area contributed by atoms with E-state index in [2.05, 4.69) is 20.9 Å². The molecule has 11 nitrogen and oxygen atoms in total. The van der Waals surface area contributed by atoms with Gasteiger partial charge >= 0.3 is 5.97 Å². The van der Waals surface area contributed by atoms with Crippen molar-refractivity contribution in [2.75, 3.05) is 18.6 Å². The van der Waals surface area contributed by atoms with Crippen molar-refractivity contribution < 1.29 is 24.3 Å². The lowest BCUT2D eigenvalue weighted by molar-refractivity contribution is -0.142. The average molecular weight is 611 g/mol. The number of amides is 3. The molecule has 4 atom stereocenters. The summed E-state index contributed by atoms with van der Waals surface area (Å²) >= 11 is 1.57. The van der Waals surface area contributed by atoms with E-state index in [0.29, 0.717) is 38.0 Å². The molecular weight excluding hydrogens is 568 g/mol. The lowest BCUT2D eigenvalue weighted by Gasteiger charge is -2.25. The molecule has 0 aliphatic heterocycles. The minimum Gasteiger partial charge on any atom is -0.480 e. The number of thioether (sulfide) groups is 1. The van der Waals surface area contributed by atoms with Crippen LogP contribution in [0, 0.1) is 0 Å². The van der Waals surface area contributed by atoms with Crippen LogP contribution in [0.15, 0.2) is 60.8 Å². The number of unbranched alkanes of at least 4 members (excludes halogenated alkanes) is 1. The Hall–Kier alpha value is -3.87. The van der Waals surface area contributed by atoms with Gasteiger partial charge in [0.15, 0.2) is 0 Å². The Balaban J connectivity index is 1.79. The molecule has 3 aromatic rings. The second-order valence-corrected chi connectivity index (χ2v) is 11.4. The minimum absolute atomic E-state index is 0.0444. The Labute approximate surface area is 255 Å². The van der Waals surface area contributed by atoms with Crippen LogP contribution < -0.4 is 27.4 Å². The molecular formula is C31H42N6O5S. The first-order valence-electron chi connectivity index (χ1n) is 14.4. The molecule has 9 N–H and O–H groups in total. The van der Waals surface area contributed by atoms with Gasteiger partial charge in [0, 0.05) is 29.9 Å². The number of rotatable bonds is 18. The number of carbonyl (C=O) groups is 4.